The van der Waals surface area contributed by atoms with E-state index in [9.17, 15) is 9.59 Å². The predicted molar refractivity (Wildman–Crippen MR) is 57.9 cm³/mol. The summed E-state index contributed by atoms with van der Waals surface area (Å²) >= 11 is 0. The largest absolute Gasteiger partial charge is 0.444 e. The van der Waals surface area contributed by atoms with E-state index in [0.717, 1.165) is 25.9 Å². The van der Waals surface area contributed by atoms with Crippen LogP contribution in [0.5, 0.6) is 0 Å². The second-order valence-corrected chi connectivity index (χ2v) is 4.51. The van der Waals surface area contributed by atoms with Gasteiger partial charge >= 0.3 is 6.09 Å². The van der Waals surface area contributed by atoms with Crippen LogP contribution < -0.4 is 0 Å². The first-order chi connectivity index (χ1) is 7.66. The van der Waals surface area contributed by atoms with Crippen LogP contribution in [0.15, 0.2) is 0 Å². The van der Waals surface area contributed by atoms with E-state index in [1.165, 1.54) is 0 Å². The summed E-state index contributed by atoms with van der Waals surface area (Å²) < 4.78 is 5.10. The second kappa shape index (κ2) is 4.72. The number of amides is 2. The average Bonchev–Trinajstić information content (AvgIpc) is 2.86. The molecule has 0 aliphatic carbocycles. The summed E-state index contributed by atoms with van der Waals surface area (Å²) in [5.74, 6) is 0.197. The quantitative estimate of drug-likeness (QED) is 0.716. The SMILES string of the molecule is CN1CC(CCC(=O)N2CCCC2)OC1=O. The van der Waals surface area contributed by atoms with Gasteiger partial charge in [0.15, 0.2) is 0 Å². The molecular formula is C11H18N2O3. The Labute approximate surface area is 95.3 Å². The summed E-state index contributed by atoms with van der Waals surface area (Å²) in [4.78, 5) is 26.3. The molecule has 0 aromatic rings. The van der Waals surface area contributed by atoms with E-state index < -0.39 is 0 Å². The highest BCUT2D eigenvalue weighted by atomic mass is 16.6. The molecular weight excluding hydrogens is 208 g/mol. The molecule has 2 aliphatic heterocycles. The fourth-order valence-corrected chi connectivity index (χ4v) is 2.21. The number of carbonyl (C=O) groups excluding carboxylic acids is 2. The number of nitrogens with zero attached hydrogens (tertiary/aromatic N) is 2. The van der Waals surface area contributed by atoms with Gasteiger partial charge in [-0.25, -0.2) is 4.79 Å². The Morgan fingerprint density at radius 3 is 2.69 bits per heavy atom. The van der Waals surface area contributed by atoms with Gasteiger partial charge in [-0.3, -0.25) is 4.79 Å². The Morgan fingerprint density at radius 2 is 2.12 bits per heavy atom. The van der Waals surface area contributed by atoms with Crippen molar-refractivity contribution in [3.8, 4) is 0 Å². The van der Waals surface area contributed by atoms with E-state index >= 15 is 0 Å². The normalized spacial score (nSPS) is 25.1. The Bertz CT molecular complexity index is 287. The summed E-state index contributed by atoms with van der Waals surface area (Å²) in [6, 6.07) is 0. The van der Waals surface area contributed by atoms with Gasteiger partial charge in [-0.15, -0.1) is 0 Å². The zero-order chi connectivity index (χ0) is 11.5. The number of likely N-dealkylation sites (tertiary alicyclic amines) is 1. The molecule has 5 heteroatoms. The Hall–Kier alpha value is -1.26. The van der Waals surface area contributed by atoms with Gasteiger partial charge in [0, 0.05) is 26.6 Å². The number of likely N-dealkylation sites (N-methyl/N-ethyl adjacent to an activating group) is 1. The highest BCUT2D eigenvalue weighted by Gasteiger charge is 2.29. The maximum absolute atomic E-state index is 11.7. The minimum Gasteiger partial charge on any atom is -0.444 e. The molecule has 0 radical (unpaired) electrons. The molecule has 2 fully saturated rings. The third kappa shape index (κ3) is 2.46. The lowest BCUT2D eigenvalue weighted by atomic mass is 10.2. The van der Waals surface area contributed by atoms with Gasteiger partial charge < -0.3 is 14.5 Å². The smallest absolute Gasteiger partial charge is 0.409 e. The van der Waals surface area contributed by atoms with Crippen molar-refractivity contribution < 1.29 is 14.3 Å². The highest BCUT2D eigenvalue weighted by molar-refractivity contribution is 5.76. The van der Waals surface area contributed by atoms with Crippen molar-refractivity contribution in [3.05, 3.63) is 0 Å². The monoisotopic (exact) mass is 226 g/mol. The number of rotatable bonds is 3. The van der Waals surface area contributed by atoms with Crippen molar-refractivity contribution >= 4 is 12.0 Å². The molecule has 1 atom stereocenters. The van der Waals surface area contributed by atoms with E-state index in [4.69, 9.17) is 4.74 Å². The maximum Gasteiger partial charge on any atom is 0.409 e. The first kappa shape index (κ1) is 11.2. The Morgan fingerprint density at radius 1 is 1.44 bits per heavy atom. The lowest BCUT2D eigenvalue weighted by Crippen LogP contribution is -2.28. The third-order valence-corrected chi connectivity index (χ3v) is 3.20. The van der Waals surface area contributed by atoms with Crippen molar-refractivity contribution in [2.75, 3.05) is 26.7 Å². The molecule has 0 bridgehead atoms. The molecule has 0 spiro atoms. The van der Waals surface area contributed by atoms with Crippen LogP contribution in [0.4, 0.5) is 4.79 Å². The maximum atomic E-state index is 11.7. The van der Waals surface area contributed by atoms with E-state index in [0.29, 0.717) is 19.4 Å². The van der Waals surface area contributed by atoms with Crippen LogP contribution >= 0.6 is 0 Å². The van der Waals surface area contributed by atoms with Crippen LogP contribution in [-0.2, 0) is 9.53 Å². The number of hydrogen-bond donors (Lipinski definition) is 0. The number of cyclic esters (lactones) is 1. The lowest BCUT2D eigenvalue weighted by Gasteiger charge is -2.16. The number of ether oxygens (including phenoxy) is 1. The van der Waals surface area contributed by atoms with Crippen LogP contribution in [-0.4, -0.2) is 54.6 Å². The van der Waals surface area contributed by atoms with Gasteiger partial charge in [-0.1, -0.05) is 0 Å². The standard InChI is InChI=1S/C11H18N2O3/c1-12-8-9(16-11(12)15)4-5-10(14)13-6-2-3-7-13/h9H,2-8H2,1H3. The van der Waals surface area contributed by atoms with Gasteiger partial charge in [-0.05, 0) is 19.3 Å². The second-order valence-electron chi connectivity index (χ2n) is 4.51. The molecule has 0 N–H and O–H groups in total. The molecule has 0 aromatic heterocycles. The first-order valence-electron chi connectivity index (χ1n) is 5.86. The van der Waals surface area contributed by atoms with Crippen LogP contribution in [0.3, 0.4) is 0 Å². The van der Waals surface area contributed by atoms with Crippen molar-refractivity contribution in [1.29, 1.82) is 0 Å². The fraction of sp³-hybridized carbons (Fsp3) is 0.818. The van der Waals surface area contributed by atoms with Crippen LogP contribution in [0, 0.1) is 0 Å². The van der Waals surface area contributed by atoms with Crippen molar-refractivity contribution in [1.82, 2.24) is 9.80 Å². The zero-order valence-corrected chi connectivity index (χ0v) is 9.65. The molecule has 2 rings (SSSR count). The van der Waals surface area contributed by atoms with Gasteiger partial charge in [0.05, 0.1) is 6.54 Å². The summed E-state index contributed by atoms with van der Waals surface area (Å²) in [6.45, 7) is 2.39. The van der Waals surface area contributed by atoms with E-state index in [2.05, 4.69) is 0 Å². The summed E-state index contributed by atoms with van der Waals surface area (Å²) in [5.41, 5.74) is 0. The molecule has 2 amide bonds. The molecule has 0 saturated carbocycles. The Kier molecular flexibility index (Phi) is 3.31. The molecule has 90 valence electrons. The number of hydrogen-bond acceptors (Lipinski definition) is 3. The van der Waals surface area contributed by atoms with Crippen LogP contribution in [0.25, 0.3) is 0 Å². The summed E-state index contributed by atoms with van der Waals surface area (Å²) in [5, 5.41) is 0. The molecule has 0 aromatic carbocycles. The van der Waals surface area contributed by atoms with Crippen molar-refractivity contribution in [2.45, 2.75) is 31.8 Å². The zero-order valence-electron chi connectivity index (χ0n) is 9.65. The van der Waals surface area contributed by atoms with Crippen molar-refractivity contribution in [3.63, 3.8) is 0 Å². The molecule has 5 nitrogen and oxygen atoms in total. The Balaban J connectivity index is 1.71. The average molecular weight is 226 g/mol. The minimum atomic E-state index is -0.279. The molecule has 2 heterocycles. The van der Waals surface area contributed by atoms with Crippen LogP contribution in [0.1, 0.15) is 25.7 Å². The van der Waals surface area contributed by atoms with E-state index in [1.807, 2.05) is 4.90 Å². The topological polar surface area (TPSA) is 49.9 Å². The predicted octanol–water partition coefficient (Wildman–Crippen LogP) is 0.840. The molecule has 2 aliphatic rings. The van der Waals surface area contributed by atoms with E-state index in [1.54, 1.807) is 11.9 Å². The molecule has 1 unspecified atom stereocenters. The minimum absolute atomic E-state index is 0.107. The van der Waals surface area contributed by atoms with Gasteiger partial charge in [0.1, 0.15) is 6.10 Å². The lowest BCUT2D eigenvalue weighted by molar-refractivity contribution is -0.130. The highest BCUT2D eigenvalue weighted by Crippen LogP contribution is 2.16. The van der Waals surface area contributed by atoms with Gasteiger partial charge in [-0.2, -0.15) is 0 Å². The third-order valence-electron chi connectivity index (χ3n) is 3.20. The first-order valence-corrected chi connectivity index (χ1v) is 5.86. The van der Waals surface area contributed by atoms with Crippen molar-refractivity contribution in [2.24, 2.45) is 0 Å². The summed E-state index contributed by atoms with van der Waals surface area (Å²) in [6.07, 6.45) is 2.99. The fourth-order valence-electron chi connectivity index (χ4n) is 2.21. The van der Waals surface area contributed by atoms with Gasteiger partial charge in [0.25, 0.3) is 0 Å². The molecule has 2 saturated heterocycles. The number of carbonyl (C=O) groups is 2. The summed E-state index contributed by atoms with van der Waals surface area (Å²) in [7, 11) is 1.71. The van der Waals surface area contributed by atoms with Crippen LogP contribution in [0.2, 0.25) is 0 Å². The van der Waals surface area contributed by atoms with Gasteiger partial charge in [0.2, 0.25) is 5.91 Å². The molecule has 16 heavy (non-hydrogen) atoms. The van der Waals surface area contributed by atoms with E-state index in [-0.39, 0.29) is 18.1 Å².